The molecule has 7 heteroatoms. The minimum absolute atomic E-state index is 0.0247. The zero-order valence-corrected chi connectivity index (χ0v) is 12.8. The molecule has 0 radical (unpaired) electrons. The first-order valence-corrected chi connectivity index (χ1v) is 7.04. The maximum atomic E-state index is 11.9. The summed E-state index contributed by atoms with van der Waals surface area (Å²) in [6, 6.07) is 11.0. The molecule has 2 rings (SSSR count). The van der Waals surface area contributed by atoms with E-state index in [1.54, 1.807) is 30.3 Å². The zero-order valence-electron chi connectivity index (χ0n) is 11.3. The van der Waals surface area contributed by atoms with Crippen LogP contribution in [0.3, 0.4) is 0 Å². The highest BCUT2D eigenvalue weighted by molar-refractivity contribution is 6.35. The van der Waals surface area contributed by atoms with E-state index in [-0.39, 0.29) is 17.8 Å². The fourth-order valence-corrected chi connectivity index (χ4v) is 2.14. The van der Waals surface area contributed by atoms with Gasteiger partial charge in [-0.15, -0.1) is 0 Å². The van der Waals surface area contributed by atoms with Crippen LogP contribution in [0, 0.1) is 0 Å². The summed E-state index contributed by atoms with van der Waals surface area (Å²) in [5, 5.41) is 15.4. The molecule has 0 bridgehead atoms. The van der Waals surface area contributed by atoms with E-state index < -0.39 is 11.9 Å². The van der Waals surface area contributed by atoms with Gasteiger partial charge in [-0.1, -0.05) is 35.3 Å². The average molecular weight is 339 g/mol. The molecule has 0 unspecified atom stereocenters. The molecule has 5 nitrogen and oxygen atoms in total. The van der Waals surface area contributed by atoms with Crippen LogP contribution in [0.15, 0.2) is 42.5 Å². The molecule has 0 saturated heterocycles. The number of hydrogen-bond acceptors (Lipinski definition) is 3. The lowest BCUT2D eigenvalue weighted by molar-refractivity contribution is -0.114. The van der Waals surface area contributed by atoms with Gasteiger partial charge < -0.3 is 15.7 Å². The number of benzene rings is 2. The molecular weight excluding hydrogens is 327 g/mol. The van der Waals surface area contributed by atoms with E-state index in [2.05, 4.69) is 10.6 Å². The van der Waals surface area contributed by atoms with E-state index in [4.69, 9.17) is 28.3 Å². The van der Waals surface area contributed by atoms with Crippen LogP contribution >= 0.6 is 23.2 Å². The van der Waals surface area contributed by atoms with Gasteiger partial charge in [0, 0.05) is 5.02 Å². The number of anilines is 2. The van der Waals surface area contributed by atoms with Crippen molar-refractivity contribution in [3.05, 3.63) is 58.1 Å². The van der Waals surface area contributed by atoms with Gasteiger partial charge in [-0.05, 0) is 30.3 Å². The van der Waals surface area contributed by atoms with Crippen molar-refractivity contribution < 1.29 is 14.7 Å². The number of carbonyl (C=O) groups excluding carboxylic acids is 1. The Hall–Kier alpha value is -2.24. The highest BCUT2D eigenvalue weighted by Gasteiger charge is 2.12. The first-order chi connectivity index (χ1) is 10.5. The highest BCUT2D eigenvalue weighted by atomic mass is 35.5. The SMILES string of the molecule is O=C(CNc1cc(Cl)ccc1Cl)Nc1ccccc1C(=O)O. The molecule has 0 atom stereocenters. The molecular formula is C15H12Cl2N2O3. The van der Waals surface area contributed by atoms with Crippen LogP contribution in [0.4, 0.5) is 11.4 Å². The standard InChI is InChI=1S/C15H12Cl2N2O3/c16-9-5-6-11(17)13(7-9)18-8-14(20)19-12-4-2-1-3-10(12)15(21)22/h1-7,18H,8H2,(H,19,20)(H,21,22). The first kappa shape index (κ1) is 16.1. The Balaban J connectivity index is 2.02. The summed E-state index contributed by atoms with van der Waals surface area (Å²) in [6.45, 7) is -0.0754. The summed E-state index contributed by atoms with van der Waals surface area (Å²) in [4.78, 5) is 23.0. The summed E-state index contributed by atoms with van der Waals surface area (Å²) in [5.74, 6) is -1.51. The number of carboxylic acid groups (broad SMARTS) is 1. The Labute approximate surface area is 136 Å². The van der Waals surface area contributed by atoms with Gasteiger partial charge in [0.05, 0.1) is 28.5 Å². The van der Waals surface area contributed by atoms with Crippen molar-refractivity contribution >= 4 is 46.5 Å². The van der Waals surface area contributed by atoms with Gasteiger partial charge in [0.1, 0.15) is 0 Å². The number of para-hydroxylation sites is 1. The number of rotatable bonds is 5. The number of carbonyl (C=O) groups is 2. The largest absolute Gasteiger partial charge is 0.478 e. The third-order valence-electron chi connectivity index (χ3n) is 2.80. The Bertz CT molecular complexity index is 720. The molecule has 0 aliphatic carbocycles. The van der Waals surface area contributed by atoms with Gasteiger partial charge >= 0.3 is 5.97 Å². The summed E-state index contributed by atoms with van der Waals surface area (Å²) in [7, 11) is 0. The van der Waals surface area contributed by atoms with E-state index in [0.717, 1.165) is 0 Å². The summed E-state index contributed by atoms with van der Waals surface area (Å²) in [5.41, 5.74) is 0.784. The van der Waals surface area contributed by atoms with E-state index >= 15 is 0 Å². The summed E-state index contributed by atoms with van der Waals surface area (Å²) < 4.78 is 0. The van der Waals surface area contributed by atoms with Crippen LogP contribution in [0.5, 0.6) is 0 Å². The molecule has 0 spiro atoms. The minimum atomic E-state index is -1.11. The molecule has 3 N–H and O–H groups in total. The van der Waals surface area contributed by atoms with Gasteiger partial charge in [-0.2, -0.15) is 0 Å². The van der Waals surface area contributed by atoms with Crippen molar-refractivity contribution in [3.63, 3.8) is 0 Å². The molecule has 2 aromatic rings. The number of aromatic carboxylic acids is 1. The third kappa shape index (κ3) is 4.13. The van der Waals surface area contributed by atoms with Gasteiger partial charge in [0.25, 0.3) is 0 Å². The lowest BCUT2D eigenvalue weighted by atomic mass is 10.2. The molecule has 0 heterocycles. The second-order valence-electron chi connectivity index (χ2n) is 4.38. The molecule has 2 aromatic carbocycles. The summed E-state index contributed by atoms with van der Waals surface area (Å²) in [6.07, 6.45) is 0. The number of nitrogens with one attached hydrogen (secondary N) is 2. The van der Waals surface area contributed by atoms with Crippen LogP contribution < -0.4 is 10.6 Å². The van der Waals surface area contributed by atoms with Gasteiger partial charge in [0.2, 0.25) is 5.91 Å². The molecule has 0 aliphatic heterocycles. The van der Waals surface area contributed by atoms with Crippen molar-refractivity contribution in [1.29, 1.82) is 0 Å². The van der Waals surface area contributed by atoms with Gasteiger partial charge in [-0.3, -0.25) is 4.79 Å². The fraction of sp³-hybridized carbons (Fsp3) is 0.0667. The number of hydrogen-bond donors (Lipinski definition) is 3. The molecule has 22 heavy (non-hydrogen) atoms. The van der Waals surface area contributed by atoms with Crippen molar-refractivity contribution in [2.45, 2.75) is 0 Å². The van der Waals surface area contributed by atoms with Crippen molar-refractivity contribution in [2.24, 2.45) is 0 Å². The average Bonchev–Trinajstić information content (AvgIpc) is 2.48. The van der Waals surface area contributed by atoms with E-state index in [0.29, 0.717) is 15.7 Å². The Kier molecular flexibility index (Phi) is 5.25. The Morgan fingerprint density at radius 2 is 1.77 bits per heavy atom. The maximum absolute atomic E-state index is 11.9. The predicted molar refractivity (Wildman–Crippen MR) is 87.0 cm³/mol. The second-order valence-corrected chi connectivity index (χ2v) is 5.22. The van der Waals surface area contributed by atoms with Crippen molar-refractivity contribution in [1.82, 2.24) is 0 Å². The molecule has 0 fully saturated rings. The van der Waals surface area contributed by atoms with Crippen LogP contribution in [0.2, 0.25) is 10.0 Å². The van der Waals surface area contributed by atoms with E-state index in [1.165, 1.54) is 12.1 Å². The topological polar surface area (TPSA) is 78.4 Å². The summed E-state index contributed by atoms with van der Waals surface area (Å²) >= 11 is 11.8. The Morgan fingerprint density at radius 1 is 1.05 bits per heavy atom. The molecule has 1 amide bonds. The highest BCUT2D eigenvalue weighted by Crippen LogP contribution is 2.25. The van der Waals surface area contributed by atoms with Crippen molar-refractivity contribution in [2.75, 3.05) is 17.2 Å². The van der Waals surface area contributed by atoms with E-state index in [1.807, 2.05) is 0 Å². The van der Waals surface area contributed by atoms with Crippen LogP contribution in [-0.4, -0.2) is 23.5 Å². The van der Waals surface area contributed by atoms with Crippen molar-refractivity contribution in [3.8, 4) is 0 Å². The van der Waals surface area contributed by atoms with Crippen LogP contribution in [0.25, 0.3) is 0 Å². The maximum Gasteiger partial charge on any atom is 0.337 e. The minimum Gasteiger partial charge on any atom is -0.478 e. The fourth-order valence-electron chi connectivity index (χ4n) is 1.78. The molecule has 0 aromatic heterocycles. The van der Waals surface area contributed by atoms with Gasteiger partial charge in [-0.25, -0.2) is 4.79 Å². The first-order valence-electron chi connectivity index (χ1n) is 6.28. The molecule has 0 saturated carbocycles. The predicted octanol–water partition coefficient (Wildman–Crippen LogP) is 3.74. The Morgan fingerprint density at radius 3 is 2.50 bits per heavy atom. The third-order valence-corrected chi connectivity index (χ3v) is 3.36. The number of halogens is 2. The number of amides is 1. The van der Waals surface area contributed by atoms with Crippen LogP contribution in [0.1, 0.15) is 10.4 Å². The normalized spacial score (nSPS) is 10.1. The number of carboxylic acids is 1. The molecule has 114 valence electrons. The molecule has 0 aliphatic rings. The lowest BCUT2D eigenvalue weighted by Gasteiger charge is -2.11. The second kappa shape index (κ2) is 7.15. The lowest BCUT2D eigenvalue weighted by Crippen LogP contribution is -2.23. The van der Waals surface area contributed by atoms with Gasteiger partial charge in [0.15, 0.2) is 0 Å². The van der Waals surface area contributed by atoms with Crippen LogP contribution in [-0.2, 0) is 4.79 Å². The monoisotopic (exact) mass is 338 g/mol. The van der Waals surface area contributed by atoms with E-state index in [9.17, 15) is 9.59 Å². The zero-order chi connectivity index (χ0) is 16.1. The smallest absolute Gasteiger partial charge is 0.337 e. The quantitative estimate of drug-likeness (QED) is 0.775.